The number of halogens is 4. The predicted octanol–water partition coefficient (Wildman–Crippen LogP) is 6.70. The SMILES string of the molecule is Cn1cc(-c2ccccc2C2CN(C(=O)OC(C)(C)C)Cc3sc(Cl)cc32)c(C(F)(F)F)n1. The van der Waals surface area contributed by atoms with E-state index in [1.807, 2.05) is 6.07 Å². The highest BCUT2D eigenvalue weighted by Crippen LogP contribution is 2.45. The lowest BCUT2D eigenvalue weighted by atomic mass is 9.84. The van der Waals surface area contributed by atoms with Gasteiger partial charge in [-0.15, -0.1) is 11.3 Å². The van der Waals surface area contributed by atoms with E-state index in [9.17, 15) is 18.0 Å². The van der Waals surface area contributed by atoms with Crippen LogP contribution < -0.4 is 0 Å². The zero-order valence-corrected chi connectivity index (χ0v) is 20.1. The number of hydrogen-bond donors (Lipinski definition) is 0. The highest BCUT2D eigenvalue weighted by Gasteiger charge is 2.39. The van der Waals surface area contributed by atoms with Gasteiger partial charge < -0.3 is 9.64 Å². The molecule has 0 saturated carbocycles. The minimum atomic E-state index is -4.60. The summed E-state index contributed by atoms with van der Waals surface area (Å²) < 4.78 is 48.5. The van der Waals surface area contributed by atoms with E-state index in [-0.39, 0.29) is 18.0 Å². The maximum Gasteiger partial charge on any atom is 0.435 e. The van der Waals surface area contributed by atoms with Crippen molar-refractivity contribution in [3.05, 3.63) is 62.6 Å². The quantitative estimate of drug-likeness (QED) is 0.395. The summed E-state index contributed by atoms with van der Waals surface area (Å²) in [6.45, 7) is 5.96. The molecule has 2 aromatic heterocycles. The maximum absolute atomic E-state index is 13.7. The Hall–Kier alpha value is -2.52. The molecule has 1 unspecified atom stereocenters. The van der Waals surface area contributed by atoms with E-state index in [1.54, 1.807) is 49.9 Å². The van der Waals surface area contributed by atoms with Gasteiger partial charge in [-0.1, -0.05) is 35.9 Å². The summed E-state index contributed by atoms with van der Waals surface area (Å²) >= 11 is 7.66. The molecule has 3 heterocycles. The Kier molecular flexibility index (Phi) is 5.99. The molecule has 10 heteroatoms. The number of aromatic nitrogens is 2. The van der Waals surface area contributed by atoms with Crippen LogP contribution in [0.1, 0.15) is 48.4 Å². The van der Waals surface area contributed by atoms with Gasteiger partial charge in [0.2, 0.25) is 0 Å². The summed E-state index contributed by atoms with van der Waals surface area (Å²) in [5.41, 5.74) is 0.380. The number of nitrogens with zero attached hydrogens (tertiary/aromatic N) is 3. The van der Waals surface area contributed by atoms with Crippen LogP contribution in [0.25, 0.3) is 11.1 Å². The minimum absolute atomic E-state index is 0.00197. The van der Waals surface area contributed by atoms with Gasteiger partial charge in [-0.3, -0.25) is 4.68 Å². The van der Waals surface area contributed by atoms with E-state index in [0.717, 1.165) is 15.1 Å². The second-order valence-corrected chi connectivity index (χ2v) is 10.8. The lowest BCUT2D eigenvalue weighted by molar-refractivity contribution is -0.140. The molecule has 3 aromatic rings. The highest BCUT2D eigenvalue weighted by atomic mass is 35.5. The van der Waals surface area contributed by atoms with Crippen LogP contribution in [0.4, 0.5) is 18.0 Å². The molecule has 1 aromatic carbocycles. The van der Waals surface area contributed by atoms with E-state index in [4.69, 9.17) is 16.3 Å². The van der Waals surface area contributed by atoms with Gasteiger partial charge in [0.05, 0.1) is 10.9 Å². The lowest BCUT2D eigenvalue weighted by Gasteiger charge is -2.35. The molecule has 4 rings (SSSR count). The van der Waals surface area contributed by atoms with Gasteiger partial charge >= 0.3 is 12.3 Å². The Labute approximate surface area is 198 Å². The van der Waals surface area contributed by atoms with Gasteiger partial charge in [0.25, 0.3) is 0 Å². The first-order valence-corrected chi connectivity index (χ1v) is 11.5. The second-order valence-electron chi connectivity index (χ2n) is 8.99. The van der Waals surface area contributed by atoms with Crippen molar-refractivity contribution < 1.29 is 22.7 Å². The topological polar surface area (TPSA) is 47.4 Å². The normalized spacial score (nSPS) is 16.6. The molecule has 0 fully saturated rings. The number of thiophene rings is 1. The number of amides is 1. The van der Waals surface area contributed by atoms with Crippen molar-refractivity contribution in [3.63, 3.8) is 0 Å². The molecular formula is C23H23ClF3N3O2S. The van der Waals surface area contributed by atoms with Crippen molar-refractivity contribution in [1.82, 2.24) is 14.7 Å². The maximum atomic E-state index is 13.7. The van der Waals surface area contributed by atoms with Crippen LogP contribution in [-0.2, 0) is 24.5 Å². The van der Waals surface area contributed by atoms with Gasteiger partial charge in [0.1, 0.15) is 5.60 Å². The molecule has 1 atom stereocenters. The molecule has 33 heavy (non-hydrogen) atoms. The number of hydrogen-bond acceptors (Lipinski definition) is 4. The molecule has 0 aliphatic carbocycles. The van der Waals surface area contributed by atoms with Gasteiger partial charge in [-0.2, -0.15) is 18.3 Å². The predicted molar refractivity (Wildman–Crippen MR) is 121 cm³/mol. The Morgan fingerprint density at radius 2 is 1.88 bits per heavy atom. The fraction of sp³-hybridized carbons (Fsp3) is 0.391. The Balaban J connectivity index is 1.82. The third-order valence-corrected chi connectivity index (χ3v) is 6.56. The molecule has 0 saturated heterocycles. The summed E-state index contributed by atoms with van der Waals surface area (Å²) in [6, 6.07) is 8.76. The molecule has 176 valence electrons. The van der Waals surface area contributed by atoms with Gasteiger partial charge in [0, 0.05) is 36.1 Å². The van der Waals surface area contributed by atoms with Crippen molar-refractivity contribution >= 4 is 29.0 Å². The van der Waals surface area contributed by atoms with Crippen LogP contribution in [0.15, 0.2) is 36.5 Å². The number of aryl methyl sites for hydroxylation is 1. The molecule has 0 radical (unpaired) electrons. The monoisotopic (exact) mass is 497 g/mol. The van der Waals surface area contributed by atoms with Crippen LogP contribution in [0, 0.1) is 0 Å². The fourth-order valence-corrected chi connectivity index (χ4v) is 5.41. The molecule has 0 bridgehead atoms. The third-order valence-electron chi connectivity index (χ3n) is 5.30. The molecule has 5 nitrogen and oxygen atoms in total. The summed E-state index contributed by atoms with van der Waals surface area (Å²) in [7, 11) is 1.46. The van der Waals surface area contributed by atoms with Crippen molar-refractivity contribution in [2.45, 2.75) is 45.0 Å². The Morgan fingerprint density at radius 1 is 1.18 bits per heavy atom. The molecule has 1 aliphatic rings. The molecule has 0 N–H and O–H groups in total. The second kappa shape index (κ2) is 8.36. The first kappa shape index (κ1) is 23.6. The third kappa shape index (κ3) is 4.89. The number of carbonyl (C=O) groups is 1. The number of alkyl halides is 3. The van der Waals surface area contributed by atoms with Crippen molar-refractivity contribution in [3.8, 4) is 11.1 Å². The largest absolute Gasteiger partial charge is 0.444 e. The van der Waals surface area contributed by atoms with Crippen molar-refractivity contribution in [1.29, 1.82) is 0 Å². The van der Waals surface area contributed by atoms with Crippen LogP contribution in [0.2, 0.25) is 4.34 Å². The van der Waals surface area contributed by atoms with Crippen molar-refractivity contribution in [2.75, 3.05) is 6.54 Å². The van der Waals surface area contributed by atoms with E-state index in [0.29, 0.717) is 22.0 Å². The molecule has 0 spiro atoms. The highest BCUT2D eigenvalue weighted by molar-refractivity contribution is 7.16. The van der Waals surface area contributed by atoms with E-state index < -0.39 is 23.6 Å². The summed E-state index contributed by atoms with van der Waals surface area (Å²) in [6.07, 6.45) is -3.70. The van der Waals surface area contributed by atoms with Crippen LogP contribution in [-0.4, -0.2) is 32.9 Å². The average molecular weight is 498 g/mol. The van der Waals surface area contributed by atoms with E-state index >= 15 is 0 Å². The fourth-order valence-electron chi connectivity index (χ4n) is 4.06. The van der Waals surface area contributed by atoms with Crippen LogP contribution in [0.3, 0.4) is 0 Å². The number of carbonyl (C=O) groups excluding carboxylic acids is 1. The Morgan fingerprint density at radius 3 is 2.55 bits per heavy atom. The average Bonchev–Trinajstić information content (AvgIpc) is 3.27. The summed E-state index contributed by atoms with van der Waals surface area (Å²) in [5, 5.41) is 3.66. The zero-order valence-electron chi connectivity index (χ0n) is 18.5. The Bertz CT molecular complexity index is 1200. The smallest absolute Gasteiger partial charge is 0.435 e. The standard InChI is InChI=1S/C23H23ClF3N3O2S/c1-22(2,3)32-21(31)30-11-16(15-9-19(24)33-18(15)12-30)13-7-5-6-8-14(13)17-10-29(4)28-20(17)23(25,26)27/h5-10,16H,11-12H2,1-4H3. The molecule has 1 amide bonds. The summed E-state index contributed by atoms with van der Waals surface area (Å²) in [4.78, 5) is 15.3. The van der Waals surface area contributed by atoms with Gasteiger partial charge in [0.15, 0.2) is 5.69 Å². The number of rotatable bonds is 2. The molecule has 1 aliphatic heterocycles. The first-order valence-electron chi connectivity index (χ1n) is 10.3. The van der Waals surface area contributed by atoms with Gasteiger partial charge in [-0.25, -0.2) is 4.79 Å². The number of benzene rings is 1. The molecular weight excluding hydrogens is 475 g/mol. The van der Waals surface area contributed by atoms with E-state index in [2.05, 4.69) is 5.10 Å². The lowest BCUT2D eigenvalue weighted by Crippen LogP contribution is -2.41. The minimum Gasteiger partial charge on any atom is -0.444 e. The van der Waals surface area contributed by atoms with E-state index in [1.165, 1.54) is 24.6 Å². The number of ether oxygens (including phenoxy) is 1. The van der Waals surface area contributed by atoms with Gasteiger partial charge in [-0.05, 0) is 43.5 Å². The van der Waals surface area contributed by atoms with Crippen molar-refractivity contribution in [2.24, 2.45) is 7.05 Å². The zero-order chi connectivity index (χ0) is 24.1. The first-order chi connectivity index (χ1) is 15.3. The van der Waals surface area contributed by atoms with Crippen LogP contribution in [0.5, 0.6) is 0 Å². The van der Waals surface area contributed by atoms with Crippen LogP contribution >= 0.6 is 22.9 Å². The summed E-state index contributed by atoms with van der Waals surface area (Å²) in [5.74, 6) is -0.373. The number of fused-ring (bicyclic) bond motifs is 1.